The SMILES string of the molecule is Cc1nnnn1/C(=C\c1ccccc1)C(=O)OCC(=O)N(c1ccc(Nc2ccccc2)cc1)C(C)C. The Labute approximate surface area is 215 Å². The molecule has 0 atom stereocenters. The summed E-state index contributed by atoms with van der Waals surface area (Å²) >= 11 is 0. The lowest BCUT2D eigenvalue weighted by Crippen LogP contribution is -2.40. The standard InChI is InChI=1S/C28H28N6O3/c1-20(2)33(25-16-14-24(15-17-25)29-23-12-8-5-9-13-23)27(35)19-37-28(36)26(34-21(3)30-31-32-34)18-22-10-6-4-7-11-22/h4-18,20,29H,19H2,1-3H3/b26-18-. The molecule has 0 radical (unpaired) electrons. The number of benzene rings is 3. The van der Waals surface area contributed by atoms with Crippen molar-refractivity contribution in [3.05, 3.63) is 96.3 Å². The summed E-state index contributed by atoms with van der Waals surface area (Å²) in [6, 6.07) is 26.5. The molecule has 0 saturated heterocycles. The smallest absolute Gasteiger partial charge is 0.357 e. The summed E-state index contributed by atoms with van der Waals surface area (Å²) in [6.45, 7) is 5.05. The first-order chi connectivity index (χ1) is 17.9. The van der Waals surface area contributed by atoms with Gasteiger partial charge in [0.2, 0.25) is 0 Å². The van der Waals surface area contributed by atoms with Gasteiger partial charge in [0.25, 0.3) is 5.91 Å². The number of amides is 1. The zero-order chi connectivity index (χ0) is 26.2. The number of ether oxygens (including phenoxy) is 1. The second-order valence-corrected chi connectivity index (χ2v) is 8.55. The van der Waals surface area contributed by atoms with Crippen molar-refractivity contribution in [3.8, 4) is 0 Å². The van der Waals surface area contributed by atoms with Crippen molar-refractivity contribution in [2.75, 3.05) is 16.8 Å². The third-order valence-electron chi connectivity index (χ3n) is 5.49. The van der Waals surface area contributed by atoms with Crippen LogP contribution in [-0.2, 0) is 14.3 Å². The van der Waals surface area contributed by atoms with E-state index < -0.39 is 12.6 Å². The van der Waals surface area contributed by atoms with Gasteiger partial charge in [-0.2, -0.15) is 4.68 Å². The lowest BCUT2D eigenvalue weighted by atomic mass is 10.2. The molecule has 0 spiro atoms. The highest BCUT2D eigenvalue weighted by Gasteiger charge is 2.23. The van der Waals surface area contributed by atoms with Gasteiger partial charge in [-0.05, 0) is 79.2 Å². The molecular formula is C28H28N6O3. The first kappa shape index (κ1) is 25.3. The van der Waals surface area contributed by atoms with Crippen molar-refractivity contribution in [3.63, 3.8) is 0 Å². The molecule has 9 nitrogen and oxygen atoms in total. The molecule has 1 amide bonds. The molecule has 4 rings (SSSR count). The zero-order valence-electron chi connectivity index (χ0n) is 20.9. The van der Waals surface area contributed by atoms with E-state index in [2.05, 4.69) is 20.8 Å². The van der Waals surface area contributed by atoms with Gasteiger partial charge in [-0.25, -0.2) is 4.79 Å². The third kappa shape index (κ3) is 6.46. The Kier molecular flexibility index (Phi) is 8.05. The van der Waals surface area contributed by atoms with Crippen LogP contribution in [0.3, 0.4) is 0 Å². The Balaban J connectivity index is 1.47. The van der Waals surface area contributed by atoms with Crippen LogP contribution < -0.4 is 10.2 Å². The predicted molar refractivity (Wildman–Crippen MR) is 143 cm³/mol. The van der Waals surface area contributed by atoms with Gasteiger partial charge in [0.1, 0.15) is 0 Å². The molecule has 0 bridgehead atoms. The maximum Gasteiger partial charge on any atom is 0.357 e. The van der Waals surface area contributed by atoms with Crippen molar-refractivity contribution >= 4 is 40.7 Å². The largest absolute Gasteiger partial charge is 0.451 e. The molecule has 1 N–H and O–H groups in total. The van der Waals surface area contributed by atoms with Crippen molar-refractivity contribution in [2.45, 2.75) is 26.8 Å². The van der Waals surface area contributed by atoms with Crippen LogP contribution in [0.2, 0.25) is 0 Å². The molecular weight excluding hydrogens is 468 g/mol. The number of para-hydroxylation sites is 1. The van der Waals surface area contributed by atoms with Crippen molar-refractivity contribution in [1.82, 2.24) is 20.2 Å². The lowest BCUT2D eigenvalue weighted by molar-refractivity contribution is -0.142. The fourth-order valence-corrected chi connectivity index (χ4v) is 3.76. The molecule has 0 aliphatic heterocycles. The second-order valence-electron chi connectivity index (χ2n) is 8.55. The van der Waals surface area contributed by atoms with Crippen LogP contribution in [0.25, 0.3) is 11.8 Å². The molecule has 0 saturated carbocycles. The van der Waals surface area contributed by atoms with E-state index in [0.29, 0.717) is 11.5 Å². The first-order valence-electron chi connectivity index (χ1n) is 11.9. The number of carbonyl (C=O) groups is 2. The number of tetrazole rings is 1. The Morgan fingerprint density at radius 2 is 1.57 bits per heavy atom. The van der Waals surface area contributed by atoms with Gasteiger partial charge < -0.3 is 15.0 Å². The normalized spacial score (nSPS) is 11.3. The van der Waals surface area contributed by atoms with Crippen LogP contribution in [-0.4, -0.2) is 44.7 Å². The van der Waals surface area contributed by atoms with Crippen molar-refractivity contribution in [1.29, 1.82) is 0 Å². The summed E-state index contributed by atoms with van der Waals surface area (Å²) in [5, 5.41) is 14.7. The summed E-state index contributed by atoms with van der Waals surface area (Å²) in [4.78, 5) is 27.8. The fraction of sp³-hybridized carbons (Fsp3) is 0.179. The van der Waals surface area contributed by atoms with Crippen LogP contribution in [0.15, 0.2) is 84.9 Å². The summed E-state index contributed by atoms with van der Waals surface area (Å²) in [7, 11) is 0. The molecule has 188 valence electrons. The van der Waals surface area contributed by atoms with Crippen LogP contribution >= 0.6 is 0 Å². The molecule has 0 unspecified atom stereocenters. The van der Waals surface area contributed by atoms with Crippen molar-refractivity contribution < 1.29 is 14.3 Å². The van der Waals surface area contributed by atoms with Gasteiger partial charge in [0.15, 0.2) is 18.1 Å². The number of rotatable bonds is 9. The molecule has 1 aromatic heterocycles. The van der Waals surface area contributed by atoms with E-state index in [-0.39, 0.29) is 17.6 Å². The second kappa shape index (κ2) is 11.8. The van der Waals surface area contributed by atoms with Crippen LogP contribution in [0.4, 0.5) is 17.1 Å². The van der Waals surface area contributed by atoms with E-state index in [0.717, 1.165) is 16.9 Å². The molecule has 4 aromatic rings. The van der Waals surface area contributed by atoms with Crippen molar-refractivity contribution in [2.24, 2.45) is 0 Å². The van der Waals surface area contributed by atoms with E-state index >= 15 is 0 Å². The van der Waals surface area contributed by atoms with Gasteiger partial charge in [0.05, 0.1) is 0 Å². The lowest BCUT2D eigenvalue weighted by Gasteiger charge is -2.27. The monoisotopic (exact) mass is 496 g/mol. The molecule has 0 aliphatic carbocycles. The number of hydrogen-bond donors (Lipinski definition) is 1. The average molecular weight is 497 g/mol. The Bertz CT molecular complexity index is 1370. The molecule has 37 heavy (non-hydrogen) atoms. The number of nitrogens with one attached hydrogen (secondary N) is 1. The summed E-state index contributed by atoms with van der Waals surface area (Å²) in [5.41, 5.74) is 3.44. The minimum atomic E-state index is -0.710. The average Bonchev–Trinajstić information content (AvgIpc) is 3.33. The number of nitrogens with zero attached hydrogens (tertiary/aromatic N) is 5. The molecule has 3 aromatic carbocycles. The van der Waals surface area contributed by atoms with Crippen LogP contribution in [0, 0.1) is 6.92 Å². The van der Waals surface area contributed by atoms with Gasteiger partial charge in [-0.1, -0.05) is 48.5 Å². The minimum Gasteiger partial charge on any atom is -0.451 e. The predicted octanol–water partition coefficient (Wildman–Crippen LogP) is 4.71. The quantitative estimate of drug-likeness (QED) is 0.264. The molecule has 0 aliphatic rings. The van der Waals surface area contributed by atoms with Crippen LogP contribution in [0.1, 0.15) is 25.2 Å². The number of aromatic nitrogens is 4. The van der Waals surface area contributed by atoms with E-state index in [9.17, 15) is 9.59 Å². The first-order valence-corrected chi connectivity index (χ1v) is 11.9. The van der Waals surface area contributed by atoms with E-state index in [1.807, 2.05) is 98.8 Å². The topological polar surface area (TPSA) is 102 Å². The molecule has 0 fully saturated rings. The van der Waals surface area contributed by atoms with Gasteiger partial charge in [-0.15, -0.1) is 5.10 Å². The highest BCUT2D eigenvalue weighted by Crippen LogP contribution is 2.23. The number of esters is 1. The van der Waals surface area contributed by atoms with Gasteiger partial charge in [0, 0.05) is 23.1 Å². The van der Waals surface area contributed by atoms with E-state index in [1.54, 1.807) is 17.9 Å². The number of aryl methyl sites for hydroxylation is 1. The van der Waals surface area contributed by atoms with E-state index in [4.69, 9.17) is 4.74 Å². The fourth-order valence-electron chi connectivity index (χ4n) is 3.76. The van der Waals surface area contributed by atoms with Gasteiger partial charge in [-0.3, -0.25) is 4.79 Å². The highest BCUT2D eigenvalue weighted by molar-refractivity contribution is 6.15. The third-order valence-corrected chi connectivity index (χ3v) is 5.49. The Morgan fingerprint density at radius 1 is 0.946 bits per heavy atom. The number of anilines is 3. The maximum atomic E-state index is 13.2. The maximum absolute atomic E-state index is 13.2. The Morgan fingerprint density at radius 3 is 2.16 bits per heavy atom. The molecule has 9 heteroatoms. The Hall–Kier alpha value is -4.79. The van der Waals surface area contributed by atoms with Gasteiger partial charge >= 0.3 is 5.97 Å². The molecule has 1 heterocycles. The highest BCUT2D eigenvalue weighted by atomic mass is 16.5. The van der Waals surface area contributed by atoms with Crippen LogP contribution in [0.5, 0.6) is 0 Å². The number of carbonyl (C=O) groups excluding carboxylic acids is 2. The summed E-state index contributed by atoms with van der Waals surface area (Å²) < 4.78 is 6.74. The minimum absolute atomic E-state index is 0.105. The summed E-state index contributed by atoms with van der Waals surface area (Å²) in [6.07, 6.45) is 1.62. The summed E-state index contributed by atoms with van der Waals surface area (Å²) in [5.74, 6) is -0.642. The van der Waals surface area contributed by atoms with E-state index in [1.165, 1.54) is 4.68 Å². The zero-order valence-corrected chi connectivity index (χ0v) is 20.9. The number of hydrogen-bond acceptors (Lipinski definition) is 7.